The van der Waals surface area contributed by atoms with Gasteiger partial charge in [0.2, 0.25) is 11.3 Å². The molecule has 10 heteroatoms. The van der Waals surface area contributed by atoms with Gasteiger partial charge >= 0.3 is 5.69 Å². The van der Waals surface area contributed by atoms with E-state index in [-0.39, 0.29) is 23.5 Å². The molecule has 7 nitrogen and oxygen atoms in total. The van der Waals surface area contributed by atoms with Crippen molar-refractivity contribution >= 4 is 11.3 Å². The lowest BCUT2D eigenvalue weighted by Gasteiger charge is -2.14. The quantitative estimate of drug-likeness (QED) is 0.704. The summed E-state index contributed by atoms with van der Waals surface area (Å²) in [5.74, 6) is -1.79. The maximum absolute atomic E-state index is 14.2. The molecule has 3 N–H and O–H groups in total. The van der Waals surface area contributed by atoms with Gasteiger partial charge < -0.3 is 0 Å². The molecule has 22 heavy (non-hydrogen) atoms. The highest BCUT2D eigenvalue weighted by molar-refractivity contribution is 7.77. The van der Waals surface area contributed by atoms with E-state index in [0.717, 1.165) is 12.1 Å². The molecule has 1 heterocycles. The first-order valence-electron chi connectivity index (χ1n) is 6.24. The Morgan fingerprint density at radius 1 is 1.45 bits per heavy atom. The summed E-state index contributed by atoms with van der Waals surface area (Å²) in [5.41, 5.74) is -0.614. The minimum Gasteiger partial charge on any atom is -0.294 e. The van der Waals surface area contributed by atoms with E-state index in [1.807, 2.05) is 0 Å². The second kappa shape index (κ2) is 6.46. The molecule has 1 aromatic carbocycles. The van der Waals surface area contributed by atoms with Gasteiger partial charge in [0, 0.05) is 30.6 Å². The molecule has 2 unspecified atom stereocenters. The van der Waals surface area contributed by atoms with Crippen molar-refractivity contribution in [1.29, 1.82) is 0 Å². The Labute approximate surface area is 126 Å². The summed E-state index contributed by atoms with van der Waals surface area (Å²) in [6, 6.07) is 1.95. The molecule has 1 aromatic heterocycles. The smallest absolute Gasteiger partial charge is 0.294 e. The molecule has 0 radical (unpaired) electrons. The van der Waals surface area contributed by atoms with Gasteiger partial charge in [-0.15, -0.1) is 0 Å². The van der Waals surface area contributed by atoms with Gasteiger partial charge in [-0.05, 0) is 12.1 Å². The van der Waals surface area contributed by atoms with E-state index in [4.69, 9.17) is 4.55 Å². The highest BCUT2D eigenvalue weighted by Crippen LogP contribution is 2.26. The monoisotopic (exact) mass is 332 g/mol. The average molecular weight is 332 g/mol. The Morgan fingerprint density at radius 2 is 2.14 bits per heavy atom. The molecular weight excluding hydrogens is 318 g/mol. The number of aromatic nitrogens is 3. The van der Waals surface area contributed by atoms with Gasteiger partial charge in [-0.3, -0.25) is 9.23 Å². The first kappa shape index (κ1) is 16.5. The third-order valence-electron chi connectivity index (χ3n) is 3.23. The second-order valence-electron chi connectivity index (χ2n) is 4.70. The van der Waals surface area contributed by atoms with E-state index in [2.05, 4.69) is 14.8 Å². The second-order valence-corrected chi connectivity index (χ2v) is 5.49. The fourth-order valence-corrected chi connectivity index (χ4v) is 2.42. The number of rotatable bonds is 5. The molecule has 2 aromatic rings. The molecule has 120 valence electrons. The van der Waals surface area contributed by atoms with Crippen LogP contribution >= 0.6 is 0 Å². The lowest BCUT2D eigenvalue weighted by atomic mass is 9.98. The third-order valence-corrected chi connectivity index (χ3v) is 3.62. The summed E-state index contributed by atoms with van der Waals surface area (Å²) < 4.78 is 50.7. The molecule has 0 aliphatic carbocycles. The van der Waals surface area contributed by atoms with Crippen LogP contribution in [0.4, 0.5) is 8.78 Å². The molecule has 0 aliphatic rings. The van der Waals surface area contributed by atoms with E-state index >= 15 is 0 Å². The van der Waals surface area contributed by atoms with Gasteiger partial charge in [0.1, 0.15) is 17.5 Å². The largest absolute Gasteiger partial charge is 0.361 e. The normalized spacial score (nSPS) is 14.0. The third kappa shape index (κ3) is 3.46. The number of halogens is 2. The fourth-order valence-electron chi connectivity index (χ4n) is 2.14. The van der Waals surface area contributed by atoms with Crippen LogP contribution in [0, 0.1) is 11.6 Å². The number of benzene rings is 1. The van der Waals surface area contributed by atoms with E-state index in [1.165, 1.54) is 4.68 Å². The van der Waals surface area contributed by atoms with Crippen LogP contribution in [0.5, 0.6) is 0 Å². The lowest BCUT2D eigenvalue weighted by Crippen LogP contribution is -2.17. The van der Waals surface area contributed by atoms with Gasteiger partial charge in [-0.1, -0.05) is 6.92 Å². The van der Waals surface area contributed by atoms with Crippen molar-refractivity contribution in [3.05, 3.63) is 51.2 Å². The molecule has 0 spiro atoms. The standard InChI is InChI=1S/C12H14F2N4O3S/c1-6(11-16-12(19)17-18(11)2)8-4-9(13)7(3-10(8)14)5-15-22(20)21/h3-4,6,15H,5H2,1-2H3,(H,17,19)(H,20,21). The first-order valence-corrected chi connectivity index (χ1v) is 7.35. The fraction of sp³-hybridized carbons (Fsp3) is 0.333. The maximum atomic E-state index is 14.2. The Kier molecular flexibility index (Phi) is 4.84. The number of nitrogens with zero attached hydrogens (tertiary/aromatic N) is 2. The minimum absolute atomic E-state index is 0.0356. The summed E-state index contributed by atoms with van der Waals surface area (Å²) in [7, 11) is 1.54. The van der Waals surface area contributed by atoms with Crippen molar-refractivity contribution in [3.63, 3.8) is 0 Å². The minimum atomic E-state index is -2.32. The van der Waals surface area contributed by atoms with Crippen LogP contribution < -0.4 is 10.4 Å². The number of H-pyrrole nitrogens is 1. The van der Waals surface area contributed by atoms with Crippen molar-refractivity contribution in [1.82, 2.24) is 19.5 Å². The maximum Gasteiger partial charge on any atom is 0.361 e. The van der Waals surface area contributed by atoms with E-state index in [1.54, 1.807) is 14.0 Å². The summed E-state index contributed by atoms with van der Waals surface area (Å²) in [6.45, 7) is 1.30. The molecule has 0 bridgehead atoms. The Balaban J connectivity index is 2.36. The van der Waals surface area contributed by atoms with Crippen LogP contribution in [0.3, 0.4) is 0 Å². The predicted molar refractivity (Wildman–Crippen MR) is 75.3 cm³/mol. The molecule has 0 saturated carbocycles. The topological polar surface area (TPSA) is 100 Å². The van der Waals surface area contributed by atoms with Crippen LogP contribution in [0.25, 0.3) is 0 Å². The number of aryl methyl sites for hydroxylation is 1. The SMILES string of the molecule is CC(c1cc(F)c(CNS(=O)O)cc1F)c1nc(=O)[nH]n1C. The van der Waals surface area contributed by atoms with Crippen molar-refractivity contribution in [3.8, 4) is 0 Å². The van der Waals surface area contributed by atoms with Crippen molar-refractivity contribution in [2.75, 3.05) is 0 Å². The summed E-state index contributed by atoms with van der Waals surface area (Å²) >= 11 is -2.32. The molecule has 2 rings (SSSR count). The zero-order valence-electron chi connectivity index (χ0n) is 11.8. The summed E-state index contributed by atoms with van der Waals surface area (Å²) in [5, 5.41) is 2.40. The van der Waals surface area contributed by atoms with Crippen molar-refractivity contribution in [2.45, 2.75) is 19.4 Å². The molecule has 0 fully saturated rings. The zero-order valence-corrected chi connectivity index (χ0v) is 12.6. The van der Waals surface area contributed by atoms with Crippen molar-refractivity contribution in [2.24, 2.45) is 7.05 Å². The number of hydrogen-bond acceptors (Lipinski definition) is 3. The highest BCUT2D eigenvalue weighted by atomic mass is 32.2. The Morgan fingerprint density at radius 3 is 2.68 bits per heavy atom. The van der Waals surface area contributed by atoms with Crippen LogP contribution in [0.1, 0.15) is 29.8 Å². The van der Waals surface area contributed by atoms with Gasteiger partial charge in [0.25, 0.3) is 0 Å². The molecule has 0 aliphatic heterocycles. The van der Waals surface area contributed by atoms with Gasteiger partial charge in [0.05, 0.1) is 0 Å². The number of aromatic amines is 1. The predicted octanol–water partition coefficient (Wildman–Crippen LogP) is 0.765. The molecule has 0 saturated heterocycles. The lowest BCUT2D eigenvalue weighted by molar-refractivity contribution is 0.538. The van der Waals surface area contributed by atoms with Crippen LogP contribution in [0.15, 0.2) is 16.9 Å². The Hall–Kier alpha value is -1.91. The number of hydrogen-bond donors (Lipinski definition) is 3. The van der Waals surface area contributed by atoms with Crippen molar-refractivity contribution < 1.29 is 17.5 Å². The van der Waals surface area contributed by atoms with E-state index < -0.39 is 34.5 Å². The highest BCUT2D eigenvalue weighted by Gasteiger charge is 2.20. The van der Waals surface area contributed by atoms with Gasteiger partial charge in [0.15, 0.2) is 0 Å². The van der Waals surface area contributed by atoms with Crippen LogP contribution in [0.2, 0.25) is 0 Å². The van der Waals surface area contributed by atoms with Crippen LogP contribution in [-0.4, -0.2) is 23.5 Å². The summed E-state index contributed by atoms with van der Waals surface area (Å²) in [4.78, 5) is 14.9. The van der Waals surface area contributed by atoms with Gasteiger partial charge in [-0.25, -0.2) is 27.6 Å². The molecular formula is C12H14F2N4O3S. The summed E-state index contributed by atoms with van der Waals surface area (Å²) in [6.07, 6.45) is 0. The zero-order chi connectivity index (χ0) is 16.4. The Bertz CT molecular complexity index is 774. The molecule has 2 atom stereocenters. The van der Waals surface area contributed by atoms with E-state index in [9.17, 15) is 17.8 Å². The number of nitrogens with one attached hydrogen (secondary N) is 2. The average Bonchev–Trinajstić information content (AvgIpc) is 2.77. The van der Waals surface area contributed by atoms with Crippen LogP contribution in [-0.2, 0) is 24.9 Å². The molecule has 0 amide bonds. The van der Waals surface area contributed by atoms with E-state index in [0.29, 0.717) is 0 Å². The van der Waals surface area contributed by atoms with Gasteiger partial charge in [-0.2, -0.15) is 4.98 Å². The first-order chi connectivity index (χ1) is 10.3.